The summed E-state index contributed by atoms with van der Waals surface area (Å²) in [5, 5.41) is 18.1. The van der Waals surface area contributed by atoms with Gasteiger partial charge >= 0.3 is 11.9 Å². The highest BCUT2D eigenvalue weighted by Crippen LogP contribution is 2.28. The number of halogens is 1. The van der Waals surface area contributed by atoms with Gasteiger partial charge in [-0.05, 0) is 37.3 Å². The summed E-state index contributed by atoms with van der Waals surface area (Å²) in [5.74, 6) is -2.74. The molecule has 0 radical (unpaired) electrons. The van der Waals surface area contributed by atoms with Crippen LogP contribution >= 0.6 is 11.6 Å². The van der Waals surface area contributed by atoms with Gasteiger partial charge in [0.2, 0.25) is 0 Å². The number of aryl methyl sites for hydroxylation is 1. The Morgan fingerprint density at radius 1 is 1.08 bits per heavy atom. The van der Waals surface area contributed by atoms with Gasteiger partial charge in [0.05, 0.1) is 21.2 Å². The number of nitrogens with zero attached hydrogens (tertiary/aromatic N) is 1. The summed E-state index contributed by atoms with van der Waals surface area (Å²) >= 11 is 5.79. The van der Waals surface area contributed by atoms with Crippen molar-refractivity contribution in [2.24, 2.45) is 0 Å². The lowest BCUT2D eigenvalue weighted by Gasteiger charge is -2.23. The van der Waals surface area contributed by atoms with E-state index in [1.807, 2.05) is 0 Å². The standard InChI is InChI=1S/C16H14ClNO6S/c1-10-2-5-12(6-3-10)25(23,24)18(9-15(19)20)11-4-7-14(17)13(8-11)16(21)22/h2-8H,9H2,1H3,(H,19,20)(H,21,22). The number of sulfonamides is 1. The van der Waals surface area contributed by atoms with Crippen LogP contribution in [0.3, 0.4) is 0 Å². The minimum atomic E-state index is -4.20. The normalized spacial score (nSPS) is 11.1. The van der Waals surface area contributed by atoms with E-state index in [1.54, 1.807) is 19.1 Å². The molecular formula is C16H14ClNO6S. The van der Waals surface area contributed by atoms with Crippen molar-refractivity contribution in [3.8, 4) is 0 Å². The summed E-state index contributed by atoms with van der Waals surface area (Å²) < 4.78 is 26.3. The van der Waals surface area contributed by atoms with E-state index in [4.69, 9.17) is 21.8 Å². The number of hydrogen-bond acceptors (Lipinski definition) is 4. The second-order valence-electron chi connectivity index (χ2n) is 5.19. The predicted octanol–water partition coefficient (Wildman–Crippen LogP) is 2.63. The van der Waals surface area contributed by atoms with Crippen LogP contribution in [0.25, 0.3) is 0 Å². The first-order chi connectivity index (χ1) is 11.6. The zero-order valence-corrected chi connectivity index (χ0v) is 14.6. The zero-order valence-electron chi connectivity index (χ0n) is 13.0. The van der Waals surface area contributed by atoms with Crippen molar-refractivity contribution in [1.82, 2.24) is 0 Å². The summed E-state index contributed by atoms with van der Waals surface area (Å²) in [6.07, 6.45) is 0. The fraction of sp³-hybridized carbons (Fsp3) is 0.125. The van der Waals surface area contributed by atoms with E-state index in [1.165, 1.54) is 24.3 Å². The summed E-state index contributed by atoms with van der Waals surface area (Å²) in [4.78, 5) is 22.3. The van der Waals surface area contributed by atoms with Gasteiger partial charge in [-0.1, -0.05) is 29.3 Å². The molecule has 0 saturated heterocycles. The molecule has 2 rings (SSSR count). The monoisotopic (exact) mass is 383 g/mol. The van der Waals surface area contributed by atoms with Crippen molar-refractivity contribution < 1.29 is 28.2 Å². The van der Waals surface area contributed by atoms with E-state index < -0.39 is 28.5 Å². The summed E-state index contributed by atoms with van der Waals surface area (Å²) in [6.45, 7) is 0.917. The summed E-state index contributed by atoms with van der Waals surface area (Å²) in [6, 6.07) is 9.36. The number of anilines is 1. The third kappa shape index (κ3) is 4.09. The minimum Gasteiger partial charge on any atom is -0.480 e. The molecule has 0 spiro atoms. The smallest absolute Gasteiger partial charge is 0.337 e. The van der Waals surface area contributed by atoms with Gasteiger partial charge in [-0.25, -0.2) is 13.2 Å². The first-order valence-corrected chi connectivity index (χ1v) is 8.79. The van der Waals surface area contributed by atoms with Crippen LogP contribution in [0.5, 0.6) is 0 Å². The van der Waals surface area contributed by atoms with Crippen LogP contribution in [0.4, 0.5) is 5.69 Å². The number of carbonyl (C=O) groups is 2. The maximum absolute atomic E-state index is 12.8. The Morgan fingerprint density at radius 3 is 2.20 bits per heavy atom. The molecule has 2 aromatic rings. The SMILES string of the molecule is Cc1ccc(S(=O)(=O)N(CC(=O)O)c2ccc(Cl)c(C(=O)O)c2)cc1. The van der Waals surface area contributed by atoms with Gasteiger partial charge in [0.1, 0.15) is 6.54 Å². The molecule has 0 amide bonds. The van der Waals surface area contributed by atoms with E-state index in [2.05, 4.69) is 0 Å². The second-order valence-corrected chi connectivity index (χ2v) is 7.46. The van der Waals surface area contributed by atoms with Crippen LogP contribution in [0.2, 0.25) is 5.02 Å². The van der Waals surface area contributed by atoms with Crippen molar-refractivity contribution >= 4 is 39.3 Å². The molecular weight excluding hydrogens is 370 g/mol. The van der Waals surface area contributed by atoms with Crippen molar-refractivity contribution in [3.05, 3.63) is 58.6 Å². The third-order valence-corrected chi connectivity index (χ3v) is 5.47. The largest absolute Gasteiger partial charge is 0.480 e. The Kier molecular flexibility index (Phi) is 5.34. The van der Waals surface area contributed by atoms with E-state index in [-0.39, 0.29) is 21.2 Å². The molecule has 9 heteroatoms. The van der Waals surface area contributed by atoms with Gasteiger partial charge in [0, 0.05) is 0 Å². The molecule has 2 aromatic carbocycles. The van der Waals surface area contributed by atoms with Crippen molar-refractivity contribution in [2.45, 2.75) is 11.8 Å². The maximum Gasteiger partial charge on any atom is 0.337 e. The topological polar surface area (TPSA) is 112 Å². The highest BCUT2D eigenvalue weighted by Gasteiger charge is 2.28. The number of aliphatic carboxylic acids is 1. The van der Waals surface area contributed by atoms with Crippen molar-refractivity contribution in [1.29, 1.82) is 0 Å². The number of hydrogen-bond donors (Lipinski definition) is 2. The number of aromatic carboxylic acids is 1. The van der Waals surface area contributed by atoms with E-state index in [0.717, 1.165) is 11.6 Å². The molecule has 0 saturated carbocycles. The lowest BCUT2D eigenvalue weighted by atomic mass is 10.2. The van der Waals surface area contributed by atoms with E-state index >= 15 is 0 Å². The molecule has 0 fully saturated rings. The molecule has 0 unspecified atom stereocenters. The van der Waals surface area contributed by atoms with Gasteiger partial charge in [-0.2, -0.15) is 0 Å². The lowest BCUT2D eigenvalue weighted by molar-refractivity contribution is -0.135. The van der Waals surface area contributed by atoms with Crippen LogP contribution in [0, 0.1) is 6.92 Å². The van der Waals surface area contributed by atoms with Gasteiger partial charge in [0.15, 0.2) is 0 Å². The highest BCUT2D eigenvalue weighted by atomic mass is 35.5. The average Bonchev–Trinajstić information content (AvgIpc) is 2.53. The quantitative estimate of drug-likeness (QED) is 0.793. The Labute approximate surface area is 149 Å². The molecule has 0 bridgehead atoms. The van der Waals surface area contributed by atoms with Gasteiger partial charge < -0.3 is 10.2 Å². The first-order valence-electron chi connectivity index (χ1n) is 6.97. The molecule has 132 valence electrons. The molecule has 0 aliphatic rings. The fourth-order valence-corrected chi connectivity index (χ4v) is 3.71. The van der Waals surface area contributed by atoms with Crippen LogP contribution in [0.1, 0.15) is 15.9 Å². The number of rotatable bonds is 6. The summed E-state index contributed by atoms with van der Waals surface area (Å²) in [7, 11) is -4.20. The van der Waals surface area contributed by atoms with Crippen LogP contribution < -0.4 is 4.31 Å². The molecule has 25 heavy (non-hydrogen) atoms. The van der Waals surface area contributed by atoms with Gasteiger partial charge in [-0.3, -0.25) is 9.10 Å². The van der Waals surface area contributed by atoms with Crippen molar-refractivity contribution in [3.63, 3.8) is 0 Å². The first kappa shape index (κ1) is 18.8. The van der Waals surface area contributed by atoms with Gasteiger partial charge in [0.25, 0.3) is 10.0 Å². The van der Waals surface area contributed by atoms with Gasteiger partial charge in [-0.15, -0.1) is 0 Å². The predicted molar refractivity (Wildman–Crippen MR) is 91.8 cm³/mol. The zero-order chi connectivity index (χ0) is 18.8. The van der Waals surface area contributed by atoms with Crippen LogP contribution in [-0.2, 0) is 14.8 Å². The van der Waals surface area contributed by atoms with E-state index in [0.29, 0.717) is 4.31 Å². The third-order valence-electron chi connectivity index (χ3n) is 3.36. The molecule has 7 nitrogen and oxygen atoms in total. The lowest BCUT2D eigenvalue weighted by Crippen LogP contribution is -2.35. The Balaban J connectivity index is 2.60. The number of carboxylic acids is 2. The number of carboxylic acid groups (broad SMARTS) is 2. The molecule has 0 heterocycles. The molecule has 2 N–H and O–H groups in total. The molecule has 0 aliphatic carbocycles. The maximum atomic E-state index is 12.8. The van der Waals surface area contributed by atoms with Crippen LogP contribution in [-0.4, -0.2) is 37.1 Å². The Morgan fingerprint density at radius 2 is 1.68 bits per heavy atom. The Hall–Kier alpha value is -2.58. The second kappa shape index (κ2) is 7.12. The van der Waals surface area contributed by atoms with Crippen molar-refractivity contribution in [2.75, 3.05) is 10.8 Å². The van der Waals surface area contributed by atoms with Crippen LogP contribution in [0.15, 0.2) is 47.4 Å². The Bertz CT molecular complexity index is 924. The molecule has 0 aromatic heterocycles. The number of benzene rings is 2. The summed E-state index contributed by atoms with van der Waals surface area (Å²) in [5.41, 5.74) is 0.404. The molecule has 0 aliphatic heterocycles. The fourth-order valence-electron chi connectivity index (χ4n) is 2.11. The minimum absolute atomic E-state index is 0.0840. The molecule has 0 atom stereocenters. The highest BCUT2D eigenvalue weighted by molar-refractivity contribution is 7.92. The van der Waals surface area contributed by atoms with E-state index in [9.17, 15) is 18.0 Å². The average molecular weight is 384 g/mol.